The van der Waals surface area contributed by atoms with Crippen molar-refractivity contribution in [3.8, 4) is 11.5 Å². The van der Waals surface area contributed by atoms with Crippen molar-refractivity contribution >= 4 is 16.8 Å². The van der Waals surface area contributed by atoms with E-state index in [0.29, 0.717) is 13.0 Å². The minimum absolute atomic E-state index is 0.0167. The van der Waals surface area contributed by atoms with E-state index in [-0.39, 0.29) is 11.8 Å². The van der Waals surface area contributed by atoms with Gasteiger partial charge in [0, 0.05) is 41.5 Å². The summed E-state index contributed by atoms with van der Waals surface area (Å²) in [6.07, 6.45) is 2.28. The van der Waals surface area contributed by atoms with Gasteiger partial charge in [0.25, 0.3) is 0 Å². The molecule has 1 aromatic heterocycles. The Morgan fingerprint density at radius 3 is 2.48 bits per heavy atom. The van der Waals surface area contributed by atoms with Crippen LogP contribution in [0.5, 0.6) is 11.5 Å². The number of hydrogen-bond donors (Lipinski definition) is 2. The van der Waals surface area contributed by atoms with Gasteiger partial charge in [0.1, 0.15) is 11.5 Å². The van der Waals surface area contributed by atoms with Crippen LogP contribution in [0.25, 0.3) is 10.9 Å². The molecule has 5 heteroatoms. The average molecular weight is 415 g/mol. The second kappa shape index (κ2) is 9.39. The molecule has 1 heterocycles. The van der Waals surface area contributed by atoms with Crippen molar-refractivity contribution in [3.63, 3.8) is 0 Å². The highest BCUT2D eigenvalue weighted by atomic mass is 16.5. The van der Waals surface area contributed by atoms with Gasteiger partial charge in [-0.1, -0.05) is 48.5 Å². The van der Waals surface area contributed by atoms with Crippen LogP contribution < -0.4 is 14.8 Å². The number of H-pyrrole nitrogens is 1. The number of amides is 1. The normalized spacial score (nSPS) is 11.8. The van der Waals surface area contributed by atoms with Crippen LogP contribution in [0.3, 0.4) is 0 Å². The van der Waals surface area contributed by atoms with Crippen molar-refractivity contribution in [1.29, 1.82) is 0 Å². The SMILES string of the molecule is COc1ccc2[nH]cc([C@H](CC(=O)NCc3ccccc3)c3ccccc3OC)c2c1. The lowest BCUT2D eigenvalue weighted by Gasteiger charge is -2.20. The fourth-order valence-electron chi connectivity index (χ4n) is 3.93. The lowest BCUT2D eigenvalue weighted by molar-refractivity contribution is -0.121. The first kappa shape index (κ1) is 20.5. The molecule has 0 radical (unpaired) electrons. The fraction of sp³-hybridized carbons (Fsp3) is 0.192. The fourth-order valence-corrected chi connectivity index (χ4v) is 3.93. The Morgan fingerprint density at radius 1 is 0.935 bits per heavy atom. The number of rotatable bonds is 8. The average Bonchev–Trinajstić information content (AvgIpc) is 3.24. The predicted octanol–water partition coefficient (Wildman–Crippen LogP) is 5.02. The zero-order valence-electron chi connectivity index (χ0n) is 17.7. The molecule has 1 atom stereocenters. The first-order valence-electron chi connectivity index (χ1n) is 10.3. The number of nitrogens with one attached hydrogen (secondary N) is 2. The lowest BCUT2D eigenvalue weighted by atomic mass is 9.87. The summed E-state index contributed by atoms with van der Waals surface area (Å²) >= 11 is 0. The van der Waals surface area contributed by atoms with Gasteiger partial charge in [-0.15, -0.1) is 0 Å². The van der Waals surface area contributed by atoms with Crippen LogP contribution >= 0.6 is 0 Å². The zero-order valence-corrected chi connectivity index (χ0v) is 17.7. The Hall–Kier alpha value is -3.73. The van der Waals surface area contributed by atoms with Crippen molar-refractivity contribution in [2.45, 2.75) is 18.9 Å². The second-order valence-electron chi connectivity index (χ2n) is 7.42. The Bertz CT molecular complexity index is 1170. The van der Waals surface area contributed by atoms with Crippen LogP contribution in [0.1, 0.15) is 29.0 Å². The molecule has 0 unspecified atom stereocenters. The number of carbonyl (C=O) groups is 1. The lowest BCUT2D eigenvalue weighted by Crippen LogP contribution is -2.25. The maximum atomic E-state index is 13.0. The highest BCUT2D eigenvalue weighted by Crippen LogP contribution is 2.38. The molecule has 2 N–H and O–H groups in total. The van der Waals surface area contributed by atoms with Crippen LogP contribution in [0.15, 0.2) is 79.0 Å². The molecule has 0 saturated heterocycles. The van der Waals surface area contributed by atoms with Crippen molar-refractivity contribution < 1.29 is 14.3 Å². The molecule has 0 fully saturated rings. The molecule has 158 valence electrons. The van der Waals surface area contributed by atoms with Gasteiger partial charge in [0.2, 0.25) is 5.91 Å². The van der Waals surface area contributed by atoms with Crippen molar-refractivity contribution in [2.75, 3.05) is 14.2 Å². The standard InChI is InChI=1S/C26H26N2O3/c1-30-19-12-13-24-22(14-19)23(17-27-24)21(20-10-6-7-11-25(20)31-2)15-26(29)28-16-18-8-4-3-5-9-18/h3-14,17,21,27H,15-16H2,1-2H3,(H,28,29)/t21-/m1/s1. The monoisotopic (exact) mass is 414 g/mol. The van der Waals surface area contributed by atoms with E-state index in [1.54, 1.807) is 14.2 Å². The van der Waals surface area contributed by atoms with E-state index in [0.717, 1.165) is 39.1 Å². The molecule has 31 heavy (non-hydrogen) atoms. The van der Waals surface area contributed by atoms with E-state index in [9.17, 15) is 4.79 Å². The van der Waals surface area contributed by atoms with Gasteiger partial charge in [-0.3, -0.25) is 4.79 Å². The smallest absolute Gasteiger partial charge is 0.221 e. The first-order valence-corrected chi connectivity index (χ1v) is 10.3. The molecule has 0 aliphatic heterocycles. The van der Waals surface area contributed by atoms with E-state index >= 15 is 0 Å². The molecule has 1 amide bonds. The first-order chi connectivity index (χ1) is 15.2. The van der Waals surface area contributed by atoms with Crippen LogP contribution in [-0.2, 0) is 11.3 Å². The summed E-state index contributed by atoms with van der Waals surface area (Å²) in [4.78, 5) is 16.3. The van der Waals surface area contributed by atoms with Gasteiger partial charge in [-0.2, -0.15) is 0 Å². The van der Waals surface area contributed by atoms with Gasteiger partial charge in [-0.05, 0) is 35.4 Å². The van der Waals surface area contributed by atoms with Gasteiger partial charge >= 0.3 is 0 Å². The van der Waals surface area contributed by atoms with Crippen LogP contribution in [-0.4, -0.2) is 25.1 Å². The number of carbonyl (C=O) groups excluding carboxylic acids is 1. The van der Waals surface area contributed by atoms with E-state index in [1.807, 2.05) is 79.0 Å². The Labute approximate surface area is 182 Å². The summed E-state index contributed by atoms with van der Waals surface area (Å²) in [6, 6.07) is 23.7. The van der Waals surface area contributed by atoms with Crippen molar-refractivity contribution in [3.05, 3.63) is 95.7 Å². The highest BCUT2D eigenvalue weighted by molar-refractivity contribution is 5.87. The maximum Gasteiger partial charge on any atom is 0.221 e. The molecule has 3 aromatic carbocycles. The molecular formula is C26H26N2O3. The highest BCUT2D eigenvalue weighted by Gasteiger charge is 2.24. The topological polar surface area (TPSA) is 63.4 Å². The van der Waals surface area contributed by atoms with E-state index in [1.165, 1.54) is 0 Å². The molecule has 4 rings (SSSR count). The number of para-hydroxylation sites is 1. The second-order valence-corrected chi connectivity index (χ2v) is 7.42. The molecule has 0 aliphatic carbocycles. The number of benzene rings is 3. The van der Waals surface area contributed by atoms with Gasteiger partial charge < -0.3 is 19.8 Å². The predicted molar refractivity (Wildman–Crippen MR) is 123 cm³/mol. The molecule has 0 aliphatic rings. The largest absolute Gasteiger partial charge is 0.497 e. The molecule has 5 nitrogen and oxygen atoms in total. The van der Waals surface area contributed by atoms with E-state index in [2.05, 4.69) is 10.3 Å². The quantitative estimate of drug-likeness (QED) is 0.425. The Morgan fingerprint density at radius 2 is 1.71 bits per heavy atom. The van der Waals surface area contributed by atoms with E-state index < -0.39 is 0 Å². The number of aromatic nitrogens is 1. The Balaban J connectivity index is 1.68. The number of methoxy groups -OCH3 is 2. The minimum atomic E-state index is -0.173. The number of ether oxygens (including phenoxy) is 2. The summed E-state index contributed by atoms with van der Waals surface area (Å²) in [5, 5.41) is 4.09. The molecular weight excluding hydrogens is 388 g/mol. The number of fused-ring (bicyclic) bond motifs is 1. The summed E-state index contributed by atoms with van der Waals surface area (Å²) in [7, 11) is 3.31. The third-order valence-electron chi connectivity index (χ3n) is 5.53. The van der Waals surface area contributed by atoms with Crippen LogP contribution in [0.2, 0.25) is 0 Å². The molecule has 4 aromatic rings. The summed E-state index contributed by atoms with van der Waals surface area (Å²) in [5.41, 5.74) is 4.08. The van der Waals surface area contributed by atoms with Gasteiger partial charge in [0.15, 0.2) is 0 Å². The minimum Gasteiger partial charge on any atom is -0.497 e. The zero-order chi connectivity index (χ0) is 21.6. The summed E-state index contributed by atoms with van der Waals surface area (Å²) in [6.45, 7) is 0.500. The van der Waals surface area contributed by atoms with Gasteiger partial charge in [-0.25, -0.2) is 0 Å². The number of hydrogen-bond acceptors (Lipinski definition) is 3. The van der Waals surface area contributed by atoms with Crippen molar-refractivity contribution in [2.24, 2.45) is 0 Å². The van der Waals surface area contributed by atoms with Crippen molar-refractivity contribution in [1.82, 2.24) is 10.3 Å². The maximum absolute atomic E-state index is 13.0. The summed E-state index contributed by atoms with van der Waals surface area (Å²) < 4.78 is 11.1. The molecule has 0 saturated carbocycles. The Kier molecular flexibility index (Phi) is 6.22. The van der Waals surface area contributed by atoms with Crippen LogP contribution in [0, 0.1) is 0 Å². The van der Waals surface area contributed by atoms with E-state index in [4.69, 9.17) is 9.47 Å². The van der Waals surface area contributed by atoms with Gasteiger partial charge in [0.05, 0.1) is 14.2 Å². The summed E-state index contributed by atoms with van der Waals surface area (Å²) in [5.74, 6) is 1.35. The third kappa shape index (κ3) is 4.56. The third-order valence-corrected chi connectivity index (χ3v) is 5.53. The van der Waals surface area contributed by atoms with Crippen LogP contribution in [0.4, 0.5) is 0 Å². The number of aromatic amines is 1. The molecule has 0 bridgehead atoms. The molecule has 0 spiro atoms.